The van der Waals surface area contributed by atoms with Gasteiger partial charge in [-0.05, 0) is 235 Å². The van der Waals surface area contributed by atoms with Crippen molar-refractivity contribution in [3.63, 3.8) is 0 Å². The van der Waals surface area contributed by atoms with Gasteiger partial charge < -0.3 is 25.3 Å². The van der Waals surface area contributed by atoms with Crippen molar-refractivity contribution in [3.05, 3.63) is 294 Å². The molecule has 1 aliphatic rings. The van der Waals surface area contributed by atoms with Crippen LogP contribution in [0.2, 0.25) is 0 Å². The lowest BCUT2D eigenvalue weighted by atomic mass is 9.78. The summed E-state index contributed by atoms with van der Waals surface area (Å²) in [4.78, 5) is 32.6. The molecular formula is C105H125BBr2F4N12. The smallest absolute Gasteiger partial charge is 0.762 e. The van der Waals surface area contributed by atoms with Gasteiger partial charge in [0.25, 0.3) is 0 Å². The Morgan fingerprint density at radius 1 is 0.339 bits per heavy atom. The van der Waals surface area contributed by atoms with Gasteiger partial charge in [0.05, 0.1) is 22.1 Å². The Morgan fingerprint density at radius 2 is 0.589 bits per heavy atom. The number of anilines is 3. The monoisotopic (exact) mass is 1800 g/mol. The molecule has 15 rings (SSSR count). The van der Waals surface area contributed by atoms with Crippen LogP contribution in [0.5, 0.6) is 0 Å². The van der Waals surface area contributed by atoms with Gasteiger partial charge in [0.15, 0.2) is 0 Å². The quantitative estimate of drug-likeness (QED) is 0.0350. The van der Waals surface area contributed by atoms with Crippen LogP contribution in [0.15, 0.2) is 215 Å². The molecule has 0 saturated carbocycles. The first kappa shape index (κ1) is 95.9. The van der Waals surface area contributed by atoms with Crippen molar-refractivity contribution in [2.75, 3.05) is 29.5 Å². The Labute approximate surface area is 751 Å². The molecule has 124 heavy (non-hydrogen) atoms. The predicted molar refractivity (Wildman–Crippen MR) is 523 cm³/mol. The fraction of sp³-hybridized carbons (Fsp3) is 0.362. The highest BCUT2D eigenvalue weighted by molar-refractivity contribution is 9.11. The summed E-state index contributed by atoms with van der Waals surface area (Å²) in [7, 11) is -3.67. The maximum atomic E-state index is 9.67. The first-order valence-electron chi connectivity index (χ1n) is 43.7. The fourth-order valence-corrected chi connectivity index (χ4v) is 16.8. The highest BCUT2D eigenvalue weighted by atomic mass is 79.9. The van der Waals surface area contributed by atoms with E-state index in [-0.39, 0.29) is 15.5 Å². The van der Waals surface area contributed by atoms with Crippen LogP contribution in [0.1, 0.15) is 304 Å². The number of nitrogen functional groups attached to an aromatic ring is 2. The summed E-state index contributed by atoms with van der Waals surface area (Å²) < 4.78 is 38.1. The molecule has 650 valence electrons. The summed E-state index contributed by atoms with van der Waals surface area (Å²) in [6.45, 7) is 55.7. The predicted octanol–water partition coefficient (Wildman–Crippen LogP) is 26.6. The number of fused-ring (bicyclic) bond motifs is 6. The van der Waals surface area contributed by atoms with Crippen LogP contribution in [0.25, 0.3) is 66.9 Å². The summed E-state index contributed by atoms with van der Waals surface area (Å²) in [5, 5.41) is 0. The topological polar surface area (TPSA) is 145 Å². The molecule has 4 N–H and O–H groups in total. The molecule has 0 unspecified atom stereocenters. The minimum atomic E-state index is -3.67. The normalized spacial score (nSPS) is 12.4. The number of nitrogens with zero attached hydrogens (tertiary/aromatic N) is 10. The molecule has 6 aromatic carbocycles. The highest BCUT2D eigenvalue weighted by Crippen LogP contribution is 2.43. The maximum absolute atomic E-state index is 9.67. The van der Waals surface area contributed by atoms with Gasteiger partial charge >= 0.3 is 7.54 Å². The fourth-order valence-electron chi connectivity index (χ4n) is 16.0. The minimum Gasteiger partial charge on any atom is -1.00 e. The van der Waals surface area contributed by atoms with E-state index in [4.69, 9.17) is 41.4 Å². The third kappa shape index (κ3) is 21.4. The van der Waals surface area contributed by atoms with Gasteiger partial charge in [-0.15, -0.1) is 0 Å². The molecule has 0 fully saturated rings. The summed E-state index contributed by atoms with van der Waals surface area (Å²) >= 11 is 7.18. The van der Waals surface area contributed by atoms with E-state index in [2.05, 4.69) is 393 Å². The number of nitrogens with two attached hydrogens (primary N) is 2. The number of hydrogen-bond donors (Lipinski definition) is 2. The Kier molecular flexibility index (Phi) is 31.5. The van der Waals surface area contributed by atoms with Gasteiger partial charge in [0.2, 0.25) is 6.34 Å². The molecule has 0 amide bonds. The molecule has 0 atom stereocenters. The second-order valence-corrected chi connectivity index (χ2v) is 38.4. The van der Waals surface area contributed by atoms with Crippen molar-refractivity contribution in [2.24, 2.45) is 0 Å². The van der Waals surface area contributed by atoms with Gasteiger partial charge in [0, 0.05) is 98.9 Å². The molecule has 14 aromatic rings. The second kappa shape index (κ2) is 40.7. The Bertz CT molecular complexity index is 5550. The van der Waals surface area contributed by atoms with E-state index >= 15 is 0 Å². The number of para-hydroxylation sites is 2. The lowest BCUT2D eigenvalue weighted by Gasteiger charge is -2.27. The van der Waals surface area contributed by atoms with E-state index in [1.807, 2.05) is 36.4 Å². The molecule has 19 heteroatoms. The highest BCUT2D eigenvalue weighted by Gasteiger charge is 2.33. The molecule has 0 bridgehead atoms. The summed E-state index contributed by atoms with van der Waals surface area (Å²) in [6, 6.07) is 73.5. The lowest BCUT2D eigenvalue weighted by Crippen LogP contribution is -3.00. The van der Waals surface area contributed by atoms with Crippen LogP contribution in [0, 0.1) is 0 Å². The Hall–Kier alpha value is -10.4. The Morgan fingerprint density at radius 3 is 0.855 bits per heavy atom. The van der Waals surface area contributed by atoms with Gasteiger partial charge in [-0.3, -0.25) is 12.9 Å². The summed E-state index contributed by atoms with van der Waals surface area (Å²) in [5.41, 5.74) is 45.1. The number of rotatable bonds is 19. The molecular weight excluding hydrogens is 1680 g/mol. The Balaban J connectivity index is 0.000000189. The lowest BCUT2D eigenvalue weighted by molar-refractivity contribution is -0.425. The molecule has 0 spiro atoms. The van der Waals surface area contributed by atoms with Crippen LogP contribution in [-0.4, -0.2) is 70.6 Å². The van der Waals surface area contributed by atoms with Crippen molar-refractivity contribution >= 4 is 113 Å². The number of benzene rings is 6. The van der Waals surface area contributed by atoms with E-state index < -0.39 is 7.54 Å². The van der Waals surface area contributed by atoms with E-state index in [1.54, 1.807) is 0 Å². The van der Waals surface area contributed by atoms with Gasteiger partial charge in [-0.2, -0.15) is 0 Å². The van der Waals surface area contributed by atoms with Gasteiger partial charge in [0.1, 0.15) is 57.9 Å². The maximum Gasteiger partial charge on any atom is 0.762 e. The number of halogens is 6. The van der Waals surface area contributed by atoms with Crippen LogP contribution in [-0.2, 0) is 10.8 Å². The average molecular weight is 1800 g/mol. The van der Waals surface area contributed by atoms with Gasteiger partial charge in [-0.25, -0.2) is 39.4 Å². The van der Waals surface area contributed by atoms with E-state index in [9.17, 15) is 12.9 Å². The molecule has 1 aliphatic heterocycles. The first-order chi connectivity index (χ1) is 58.2. The zero-order valence-corrected chi connectivity index (χ0v) is 80.0. The number of pyridine rings is 6. The third-order valence-electron chi connectivity index (χ3n) is 23.6. The van der Waals surface area contributed by atoms with E-state index in [1.165, 1.54) is 55.9 Å². The molecule has 9 heterocycles. The minimum absolute atomic E-state index is 0. The third-order valence-corrected chi connectivity index (χ3v) is 24.9. The number of hydrogen-bond acceptors (Lipinski definition) is 9. The summed E-state index contributed by atoms with van der Waals surface area (Å²) in [5.74, 6) is 4.22. The average Bonchev–Trinajstić information content (AvgIpc) is 1.58. The molecule has 12 nitrogen and oxygen atoms in total. The second-order valence-electron chi connectivity index (χ2n) is 36.7. The molecule has 0 saturated heterocycles. The van der Waals surface area contributed by atoms with Crippen LogP contribution in [0.3, 0.4) is 0 Å². The summed E-state index contributed by atoms with van der Waals surface area (Å²) in [6.07, 6.45) is 2.38. The van der Waals surface area contributed by atoms with E-state index in [0.717, 1.165) is 134 Å². The van der Waals surface area contributed by atoms with Crippen molar-refractivity contribution in [1.29, 1.82) is 0 Å². The SMILES string of the molecule is CC(C)(c1ccc(N)cc1)c1ccc(N)cc1.CC(C)c1ccc(Br)c(-c2nc(C(C)C)ccc2Br)n1.CC(C)c1ccc2c(n1)c1nc(C(C)C)ccc1n2-c1ccc(C(C)(C)c2ccc(-n3c4ccc(C(C)C)nc4c4nc(C(C)C)ccc43)cc2)cc1.CC(C)c1cccc(C(C)C)c1N1C=[N+](c2c(C(C)C)cccc2C(C)C)CC1.FB(F)F.[F-]. The number of aromatic nitrogens is 8. The van der Waals surface area contributed by atoms with Crippen molar-refractivity contribution < 1.29 is 22.2 Å². The van der Waals surface area contributed by atoms with Crippen molar-refractivity contribution in [1.82, 2.24) is 39.0 Å². The van der Waals surface area contributed by atoms with Crippen LogP contribution < -0.4 is 21.1 Å². The van der Waals surface area contributed by atoms with Crippen molar-refractivity contribution in [3.8, 4) is 22.8 Å². The van der Waals surface area contributed by atoms with Gasteiger partial charge in [-0.1, -0.05) is 251 Å². The zero-order chi connectivity index (χ0) is 89.5. The zero-order valence-electron chi connectivity index (χ0n) is 76.9. The largest absolute Gasteiger partial charge is 1.00 e. The van der Waals surface area contributed by atoms with Crippen LogP contribution >= 0.6 is 31.9 Å². The van der Waals surface area contributed by atoms with Crippen molar-refractivity contribution in [2.45, 2.75) is 236 Å². The van der Waals surface area contributed by atoms with Crippen LogP contribution in [0.4, 0.5) is 35.7 Å². The molecule has 0 aliphatic carbocycles. The van der Waals surface area contributed by atoms with E-state index in [0.29, 0.717) is 59.2 Å². The molecule has 8 aromatic heterocycles. The first-order valence-corrected chi connectivity index (χ1v) is 45.2. The molecule has 0 radical (unpaired) electrons. The standard InChI is InChI=1S/C47H50N6.C27H39N2.C16H18Br2N2.C15H18N2.BF3.FH/c1-27(2)35-19-23-39-43(48-35)44-40(24-20-36(49-44)28(3)4)52(39)33-15-11-31(12-16-33)47(9,10)32-13-17-34(18-14-32)53-41-25-21-37(29(5)6)50-45(41)46-42(53)26-22-38(51-46)30(7)8;1-18(2)22-11-9-12-23(19(3)4)26(22)28-15-16-29(17-28)27-24(20(5)6)13-10-14-25(27)21(7)8;1-9(2)13-7-5-11(17)15(19-13)16-12(18)6-8-14(20-16)10(3)4;1-15(2,11-3-7-13(16)8-4-11)12-5-9-14(17)10-6-12;2-1(3)4;/h11-30H,1-10H3;9-14,17-21H,15-16H2,1-8H3;5-10H,1-4H3;3-10H,16-17H2,1-2H3;;1H/q;+1;;;;/p-1.